The van der Waals surface area contributed by atoms with Crippen LogP contribution in [0.3, 0.4) is 0 Å². The number of aromatic nitrogens is 2. The number of hydrogen-bond acceptors (Lipinski definition) is 3. The number of amides is 1. The topological polar surface area (TPSA) is 49.6 Å². The van der Waals surface area contributed by atoms with Crippen LogP contribution in [-0.2, 0) is 6.42 Å². The summed E-state index contributed by atoms with van der Waals surface area (Å²) in [6.07, 6.45) is 5.90. The maximum Gasteiger partial charge on any atom is 0.274 e. The molecule has 0 atom stereocenters. The smallest absolute Gasteiger partial charge is 0.274 e. The minimum Gasteiger partial charge on any atom is -0.372 e. The Hall–Kier alpha value is -2.53. The highest BCUT2D eigenvalue weighted by molar-refractivity contribution is 6.30. The molecule has 5 nitrogen and oxygen atoms in total. The van der Waals surface area contributed by atoms with Gasteiger partial charge in [-0.05, 0) is 55.7 Å². The molecule has 0 unspecified atom stereocenters. The Labute approximate surface area is 164 Å². The molecule has 0 aliphatic carbocycles. The number of anilines is 2. The molecule has 3 heterocycles. The van der Waals surface area contributed by atoms with E-state index in [2.05, 4.69) is 34.3 Å². The van der Waals surface area contributed by atoms with Gasteiger partial charge in [0.15, 0.2) is 0 Å². The number of halogens is 1. The zero-order valence-electron chi connectivity index (χ0n) is 15.4. The van der Waals surface area contributed by atoms with E-state index in [-0.39, 0.29) is 5.91 Å². The number of carbonyl (C=O) groups excluding carboxylic acids is 1. The molecule has 1 fully saturated rings. The summed E-state index contributed by atoms with van der Waals surface area (Å²) in [6, 6.07) is 11.7. The number of fused-ring (bicyclic) bond motifs is 1. The van der Waals surface area contributed by atoms with E-state index in [0.717, 1.165) is 43.0 Å². The van der Waals surface area contributed by atoms with Crippen LogP contribution in [0.4, 0.5) is 11.4 Å². The molecule has 3 aromatic rings. The first-order valence-corrected chi connectivity index (χ1v) is 9.86. The van der Waals surface area contributed by atoms with E-state index in [1.54, 1.807) is 16.7 Å². The summed E-state index contributed by atoms with van der Waals surface area (Å²) in [5, 5.41) is 3.59. The van der Waals surface area contributed by atoms with Gasteiger partial charge in [0, 0.05) is 30.7 Å². The van der Waals surface area contributed by atoms with E-state index in [4.69, 9.17) is 11.6 Å². The molecule has 1 aromatic carbocycles. The molecule has 0 saturated carbocycles. The van der Waals surface area contributed by atoms with Crippen molar-refractivity contribution in [1.82, 2.24) is 9.38 Å². The van der Waals surface area contributed by atoms with Gasteiger partial charge in [-0.25, -0.2) is 4.98 Å². The van der Waals surface area contributed by atoms with Gasteiger partial charge in [-0.3, -0.25) is 9.20 Å². The second-order valence-corrected chi connectivity index (χ2v) is 7.36. The zero-order valence-corrected chi connectivity index (χ0v) is 16.2. The molecule has 0 bridgehead atoms. The third kappa shape index (κ3) is 3.65. The molecule has 1 aliphatic rings. The second-order valence-electron chi connectivity index (χ2n) is 6.93. The van der Waals surface area contributed by atoms with Crippen molar-refractivity contribution in [3.05, 3.63) is 59.0 Å². The molecule has 0 spiro atoms. The summed E-state index contributed by atoms with van der Waals surface area (Å²) in [5.74, 6) is -0.165. The highest BCUT2D eigenvalue weighted by atomic mass is 35.5. The first-order valence-electron chi connectivity index (χ1n) is 9.48. The Kier molecular flexibility index (Phi) is 5.03. The summed E-state index contributed by atoms with van der Waals surface area (Å²) >= 11 is 6.14. The molecule has 140 valence electrons. The third-order valence-corrected chi connectivity index (χ3v) is 5.18. The van der Waals surface area contributed by atoms with Crippen LogP contribution >= 0.6 is 11.6 Å². The largest absolute Gasteiger partial charge is 0.372 e. The average molecular weight is 383 g/mol. The number of nitrogens with one attached hydrogen (secondary N) is 1. The van der Waals surface area contributed by atoms with E-state index in [9.17, 15) is 4.79 Å². The van der Waals surface area contributed by atoms with E-state index in [1.165, 1.54) is 18.5 Å². The predicted octanol–water partition coefficient (Wildman–Crippen LogP) is 4.79. The van der Waals surface area contributed by atoms with E-state index in [0.29, 0.717) is 10.7 Å². The van der Waals surface area contributed by atoms with E-state index in [1.807, 2.05) is 18.2 Å². The number of pyridine rings is 1. The first-order chi connectivity index (χ1) is 13.2. The van der Waals surface area contributed by atoms with Crippen LogP contribution in [0, 0.1) is 0 Å². The van der Waals surface area contributed by atoms with Crippen LogP contribution in [0.1, 0.15) is 42.4 Å². The van der Waals surface area contributed by atoms with Crippen LogP contribution in [0.2, 0.25) is 5.02 Å². The fourth-order valence-electron chi connectivity index (χ4n) is 3.64. The van der Waals surface area contributed by atoms with Crippen LogP contribution in [0.25, 0.3) is 5.65 Å². The van der Waals surface area contributed by atoms with Crippen molar-refractivity contribution in [3.63, 3.8) is 0 Å². The van der Waals surface area contributed by atoms with Crippen LogP contribution < -0.4 is 10.2 Å². The van der Waals surface area contributed by atoms with Crippen molar-refractivity contribution in [2.24, 2.45) is 0 Å². The lowest BCUT2D eigenvalue weighted by atomic mass is 10.2. The molecular formula is C21H23ClN4O. The number of carbonyl (C=O) groups is 1. The molecule has 1 amide bonds. The number of benzene rings is 1. The zero-order chi connectivity index (χ0) is 18.8. The highest BCUT2D eigenvalue weighted by Crippen LogP contribution is 2.23. The molecule has 2 aromatic heterocycles. The minimum atomic E-state index is -0.165. The van der Waals surface area contributed by atoms with Crippen molar-refractivity contribution >= 4 is 34.5 Å². The van der Waals surface area contributed by atoms with E-state index < -0.39 is 0 Å². The third-order valence-electron chi connectivity index (χ3n) is 4.95. The van der Waals surface area contributed by atoms with Crippen LogP contribution in [0.15, 0.2) is 42.6 Å². The number of hydrogen-bond donors (Lipinski definition) is 1. The predicted molar refractivity (Wildman–Crippen MR) is 110 cm³/mol. The Balaban J connectivity index is 1.60. The van der Waals surface area contributed by atoms with Gasteiger partial charge in [0.1, 0.15) is 11.3 Å². The maximum atomic E-state index is 13.0. The molecule has 4 rings (SSSR count). The van der Waals surface area contributed by atoms with Gasteiger partial charge < -0.3 is 10.2 Å². The number of aryl methyl sites for hydroxylation is 1. The van der Waals surface area contributed by atoms with Gasteiger partial charge >= 0.3 is 0 Å². The summed E-state index contributed by atoms with van der Waals surface area (Å²) in [7, 11) is 0. The van der Waals surface area contributed by atoms with Gasteiger partial charge in [0.2, 0.25) is 0 Å². The first kappa shape index (κ1) is 17.9. The van der Waals surface area contributed by atoms with Crippen LogP contribution in [0.5, 0.6) is 0 Å². The molecule has 0 radical (unpaired) electrons. The van der Waals surface area contributed by atoms with Gasteiger partial charge in [0.05, 0.1) is 10.7 Å². The fraction of sp³-hybridized carbons (Fsp3) is 0.333. The Morgan fingerprint density at radius 1 is 1.15 bits per heavy atom. The molecule has 1 aliphatic heterocycles. The van der Waals surface area contributed by atoms with Gasteiger partial charge in [-0.15, -0.1) is 0 Å². The standard InChI is InChI=1S/C21H23ClN4O/c1-2-5-18-20(26-14-15(22)6-11-19(26)24-18)21(27)23-16-7-9-17(10-8-16)25-12-3-4-13-25/h6-11,14H,2-5,12-13H2,1H3,(H,23,27). The summed E-state index contributed by atoms with van der Waals surface area (Å²) in [4.78, 5) is 20.0. The van der Waals surface area contributed by atoms with Crippen LogP contribution in [-0.4, -0.2) is 28.4 Å². The van der Waals surface area contributed by atoms with E-state index >= 15 is 0 Å². The summed E-state index contributed by atoms with van der Waals surface area (Å²) < 4.78 is 1.78. The molecule has 1 saturated heterocycles. The molecule has 6 heteroatoms. The second kappa shape index (κ2) is 7.61. The Morgan fingerprint density at radius 3 is 2.59 bits per heavy atom. The van der Waals surface area contributed by atoms with Crippen molar-refractivity contribution in [2.75, 3.05) is 23.3 Å². The number of rotatable bonds is 5. The minimum absolute atomic E-state index is 0.165. The van der Waals surface area contributed by atoms with Gasteiger partial charge in [-0.1, -0.05) is 24.9 Å². The lowest BCUT2D eigenvalue weighted by Gasteiger charge is -2.17. The summed E-state index contributed by atoms with van der Waals surface area (Å²) in [6.45, 7) is 4.29. The quantitative estimate of drug-likeness (QED) is 0.690. The Bertz CT molecular complexity index is 958. The lowest BCUT2D eigenvalue weighted by molar-refractivity contribution is 0.102. The fourth-order valence-corrected chi connectivity index (χ4v) is 3.80. The monoisotopic (exact) mass is 382 g/mol. The normalized spacial score (nSPS) is 14.1. The molecular weight excluding hydrogens is 360 g/mol. The van der Waals surface area contributed by atoms with Crippen molar-refractivity contribution in [1.29, 1.82) is 0 Å². The van der Waals surface area contributed by atoms with Crippen molar-refractivity contribution in [2.45, 2.75) is 32.6 Å². The summed E-state index contributed by atoms with van der Waals surface area (Å²) in [5.41, 5.74) is 4.07. The Morgan fingerprint density at radius 2 is 1.89 bits per heavy atom. The maximum absolute atomic E-state index is 13.0. The number of nitrogens with zero attached hydrogens (tertiary/aromatic N) is 3. The molecule has 1 N–H and O–H groups in total. The van der Waals surface area contributed by atoms with Crippen molar-refractivity contribution in [3.8, 4) is 0 Å². The lowest BCUT2D eigenvalue weighted by Crippen LogP contribution is -2.18. The van der Waals surface area contributed by atoms with Crippen molar-refractivity contribution < 1.29 is 4.79 Å². The molecule has 27 heavy (non-hydrogen) atoms. The SMILES string of the molecule is CCCc1nc2ccc(Cl)cn2c1C(=O)Nc1ccc(N2CCCC2)cc1. The number of imidazole rings is 1. The van der Waals surface area contributed by atoms with Gasteiger partial charge in [0.25, 0.3) is 5.91 Å². The van der Waals surface area contributed by atoms with Gasteiger partial charge in [-0.2, -0.15) is 0 Å². The highest BCUT2D eigenvalue weighted by Gasteiger charge is 2.19. The average Bonchev–Trinajstić information content (AvgIpc) is 3.30.